The lowest BCUT2D eigenvalue weighted by Crippen LogP contribution is -2.15. The fourth-order valence-corrected chi connectivity index (χ4v) is 2.29. The van der Waals surface area contributed by atoms with Gasteiger partial charge in [-0.25, -0.2) is 4.98 Å². The van der Waals surface area contributed by atoms with E-state index in [1.165, 1.54) is 5.56 Å². The lowest BCUT2D eigenvalue weighted by atomic mass is 10.1. The summed E-state index contributed by atoms with van der Waals surface area (Å²) in [6.07, 6.45) is 0.850. The van der Waals surface area contributed by atoms with E-state index in [4.69, 9.17) is 5.73 Å². The molecule has 0 aliphatic carbocycles. The Balaban J connectivity index is 2.63. The Morgan fingerprint density at radius 2 is 2.06 bits per heavy atom. The van der Waals surface area contributed by atoms with Gasteiger partial charge < -0.3 is 10.6 Å². The first-order valence-electron chi connectivity index (χ1n) is 5.58. The zero-order chi connectivity index (χ0) is 12.4. The molecule has 0 atom stereocenters. The van der Waals surface area contributed by atoms with E-state index in [0.29, 0.717) is 6.54 Å². The molecule has 0 unspecified atom stereocenters. The number of nitrogens with zero attached hydrogens (tertiary/aromatic N) is 2. The first-order valence-corrected chi connectivity index (χ1v) is 6.37. The predicted molar refractivity (Wildman–Crippen MR) is 76.5 cm³/mol. The molecule has 2 rings (SSSR count). The Bertz CT molecular complexity index is 537. The Labute approximate surface area is 110 Å². The van der Waals surface area contributed by atoms with Crippen molar-refractivity contribution in [1.82, 2.24) is 4.98 Å². The van der Waals surface area contributed by atoms with Crippen molar-refractivity contribution in [3.63, 3.8) is 0 Å². The van der Waals surface area contributed by atoms with Crippen LogP contribution in [-0.2, 0) is 6.42 Å². The summed E-state index contributed by atoms with van der Waals surface area (Å²) in [7, 11) is 4.01. The number of rotatable bonds is 3. The molecule has 0 radical (unpaired) electrons. The molecular weight excluding hydrogens is 278 g/mol. The normalized spacial score (nSPS) is 10.8. The second-order valence-corrected chi connectivity index (χ2v) is 5.16. The first kappa shape index (κ1) is 12.3. The molecule has 0 bridgehead atoms. The zero-order valence-corrected chi connectivity index (χ0v) is 11.7. The van der Waals surface area contributed by atoms with E-state index >= 15 is 0 Å². The minimum absolute atomic E-state index is 0.641. The summed E-state index contributed by atoms with van der Waals surface area (Å²) >= 11 is 3.48. The van der Waals surface area contributed by atoms with E-state index in [9.17, 15) is 0 Å². The summed E-state index contributed by atoms with van der Waals surface area (Å²) in [5.74, 6) is 1.00. The molecule has 0 saturated carbocycles. The quantitative estimate of drug-likeness (QED) is 0.946. The van der Waals surface area contributed by atoms with Gasteiger partial charge in [-0.1, -0.05) is 15.9 Å². The Morgan fingerprint density at radius 3 is 2.71 bits per heavy atom. The summed E-state index contributed by atoms with van der Waals surface area (Å²) in [6.45, 7) is 0.641. The van der Waals surface area contributed by atoms with Gasteiger partial charge in [-0.2, -0.15) is 0 Å². The maximum atomic E-state index is 5.65. The molecule has 0 amide bonds. The molecular formula is C13H16BrN3. The van der Waals surface area contributed by atoms with Gasteiger partial charge in [0.1, 0.15) is 5.82 Å². The zero-order valence-electron chi connectivity index (χ0n) is 10.1. The monoisotopic (exact) mass is 293 g/mol. The fourth-order valence-electron chi connectivity index (χ4n) is 1.91. The molecule has 0 aliphatic heterocycles. The van der Waals surface area contributed by atoms with Gasteiger partial charge in [-0.05, 0) is 42.8 Å². The third-order valence-electron chi connectivity index (χ3n) is 2.67. The number of anilines is 1. The van der Waals surface area contributed by atoms with Crippen molar-refractivity contribution in [2.24, 2.45) is 5.73 Å². The molecule has 3 nitrogen and oxygen atoms in total. The van der Waals surface area contributed by atoms with Crippen LogP contribution in [0.1, 0.15) is 5.56 Å². The predicted octanol–water partition coefficient (Wildman–Crippen LogP) is 2.56. The largest absolute Gasteiger partial charge is 0.362 e. The van der Waals surface area contributed by atoms with Gasteiger partial charge in [-0.3, -0.25) is 0 Å². The topological polar surface area (TPSA) is 42.2 Å². The van der Waals surface area contributed by atoms with Crippen LogP contribution in [0.15, 0.2) is 28.7 Å². The van der Waals surface area contributed by atoms with Gasteiger partial charge in [0.05, 0.1) is 5.52 Å². The highest BCUT2D eigenvalue weighted by atomic mass is 79.9. The molecule has 90 valence electrons. The average molecular weight is 294 g/mol. The minimum Gasteiger partial charge on any atom is -0.362 e. The maximum absolute atomic E-state index is 5.65. The van der Waals surface area contributed by atoms with Crippen LogP contribution in [0, 0.1) is 0 Å². The number of halogens is 1. The minimum atomic E-state index is 0.641. The van der Waals surface area contributed by atoms with Gasteiger partial charge in [0, 0.05) is 24.0 Å². The van der Waals surface area contributed by atoms with E-state index in [0.717, 1.165) is 27.6 Å². The number of nitrogens with two attached hydrogens (primary N) is 1. The van der Waals surface area contributed by atoms with Crippen molar-refractivity contribution in [3.8, 4) is 0 Å². The number of fused-ring (bicyclic) bond motifs is 1. The van der Waals surface area contributed by atoms with Gasteiger partial charge in [0.2, 0.25) is 0 Å². The van der Waals surface area contributed by atoms with Crippen LogP contribution in [0.25, 0.3) is 10.9 Å². The van der Waals surface area contributed by atoms with Crippen molar-refractivity contribution in [2.45, 2.75) is 6.42 Å². The number of pyridine rings is 1. The SMILES string of the molecule is CN(C)c1nc2ccc(Br)cc2cc1CCN. The number of aromatic nitrogens is 1. The number of benzene rings is 1. The Kier molecular flexibility index (Phi) is 3.64. The number of hydrogen-bond acceptors (Lipinski definition) is 3. The molecule has 2 N–H and O–H groups in total. The van der Waals surface area contributed by atoms with Crippen molar-refractivity contribution < 1.29 is 0 Å². The average Bonchev–Trinajstić information content (AvgIpc) is 2.28. The summed E-state index contributed by atoms with van der Waals surface area (Å²) < 4.78 is 1.07. The van der Waals surface area contributed by atoms with Crippen LogP contribution in [0.5, 0.6) is 0 Å². The lowest BCUT2D eigenvalue weighted by Gasteiger charge is -2.17. The first-order chi connectivity index (χ1) is 8.11. The molecule has 0 fully saturated rings. The summed E-state index contributed by atoms with van der Waals surface area (Å²) in [5.41, 5.74) is 7.86. The Morgan fingerprint density at radius 1 is 1.29 bits per heavy atom. The van der Waals surface area contributed by atoms with E-state index in [-0.39, 0.29) is 0 Å². The van der Waals surface area contributed by atoms with Gasteiger partial charge in [0.15, 0.2) is 0 Å². The van der Waals surface area contributed by atoms with Gasteiger partial charge in [0.25, 0.3) is 0 Å². The van der Waals surface area contributed by atoms with E-state index in [1.807, 2.05) is 31.1 Å². The van der Waals surface area contributed by atoms with Crippen molar-refractivity contribution in [2.75, 3.05) is 25.5 Å². The Hall–Kier alpha value is -1.13. The fraction of sp³-hybridized carbons (Fsp3) is 0.308. The third kappa shape index (κ3) is 2.58. The van der Waals surface area contributed by atoms with Crippen LogP contribution < -0.4 is 10.6 Å². The van der Waals surface area contributed by atoms with E-state index < -0.39 is 0 Å². The molecule has 17 heavy (non-hydrogen) atoms. The van der Waals surface area contributed by atoms with Crippen molar-refractivity contribution in [3.05, 3.63) is 34.3 Å². The molecule has 0 aliphatic rings. The summed E-state index contributed by atoms with van der Waals surface area (Å²) in [4.78, 5) is 6.72. The molecule has 1 heterocycles. The molecule has 1 aromatic heterocycles. The van der Waals surface area contributed by atoms with Crippen LogP contribution in [0.2, 0.25) is 0 Å². The highest BCUT2D eigenvalue weighted by Gasteiger charge is 2.08. The van der Waals surface area contributed by atoms with Gasteiger partial charge >= 0.3 is 0 Å². The maximum Gasteiger partial charge on any atom is 0.132 e. The second kappa shape index (κ2) is 5.02. The van der Waals surface area contributed by atoms with Crippen LogP contribution >= 0.6 is 15.9 Å². The molecule has 1 aromatic carbocycles. The van der Waals surface area contributed by atoms with Crippen LogP contribution in [0.4, 0.5) is 5.82 Å². The van der Waals surface area contributed by atoms with E-state index in [1.54, 1.807) is 0 Å². The van der Waals surface area contributed by atoms with Crippen LogP contribution in [0.3, 0.4) is 0 Å². The number of hydrogen-bond donors (Lipinski definition) is 1. The smallest absolute Gasteiger partial charge is 0.132 e. The lowest BCUT2D eigenvalue weighted by molar-refractivity contribution is 0.942. The van der Waals surface area contributed by atoms with Crippen LogP contribution in [-0.4, -0.2) is 25.6 Å². The highest BCUT2D eigenvalue weighted by molar-refractivity contribution is 9.10. The molecule has 0 saturated heterocycles. The third-order valence-corrected chi connectivity index (χ3v) is 3.16. The molecule has 4 heteroatoms. The molecule has 0 spiro atoms. The summed E-state index contributed by atoms with van der Waals surface area (Å²) in [6, 6.07) is 8.30. The van der Waals surface area contributed by atoms with Gasteiger partial charge in [-0.15, -0.1) is 0 Å². The van der Waals surface area contributed by atoms with Crippen molar-refractivity contribution in [1.29, 1.82) is 0 Å². The second-order valence-electron chi connectivity index (χ2n) is 4.24. The van der Waals surface area contributed by atoms with E-state index in [2.05, 4.69) is 33.0 Å². The summed E-state index contributed by atoms with van der Waals surface area (Å²) in [5, 5.41) is 1.15. The standard InChI is InChI=1S/C13H16BrN3/c1-17(2)13-9(5-6-15)7-10-8-11(14)3-4-12(10)16-13/h3-4,7-8H,5-6,15H2,1-2H3. The van der Waals surface area contributed by atoms with Crippen molar-refractivity contribution >= 4 is 32.7 Å². The highest BCUT2D eigenvalue weighted by Crippen LogP contribution is 2.25. The molecule has 2 aromatic rings.